The Hall–Kier alpha value is -0.870. The third-order valence-electron chi connectivity index (χ3n) is 2.19. The van der Waals surface area contributed by atoms with Crippen LogP contribution in [0.25, 0.3) is 0 Å². The van der Waals surface area contributed by atoms with E-state index < -0.39 is 0 Å². The van der Waals surface area contributed by atoms with Crippen LogP contribution in [0.15, 0.2) is 28.7 Å². The van der Waals surface area contributed by atoms with Crippen molar-refractivity contribution in [1.82, 2.24) is 5.01 Å². The second-order valence-corrected chi connectivity index (χ2v) is 4.30. The molecule has 0 aliphatic carbocycles. The van der Waals surface area contributed by atoms with Gasteiger partial charge in [-0.05, 0) is 24.5 Å². The highest BCUT2D eigenvalue weighted by atomic mass is 79.9. The SMILES string of the molecule is CN(N)C(=O)CCCc1ccccc1Br. The number of aryl methyl sites for hydroxylation is 1. The van der Waals surface area contributed by atoms with Gasteiger partial charge in [0.15, 0.2) is 0 Å². The molecule has 0 bridgehead atoms. The van der Waals surface area contributed by atoms with Crippen molar-refractivity contribution in [2.24, 2.45) is 5.84 Å². The molecule has 15 heavy (non-hydrogen) atoms. The van der Waals surface area contributed by atoms with Crippen LogP contribution < -0.4 is 5.84 Å². The Labute approximate surface area is 98.4 Å². The number of hydrogen-bond donors (Lipinski definition) is 1. The summed E-state index contributed by atoms with van der Waals surface area (Å²) in [6.07, 6.45) is 2.21. The van der Waals surface area contributed by atoms with Crippen molar-refractivity contribution in [3.63, 3.8) is 0 Å². The lowest BCUT2D eigenvalue weighted by Crippen LogP contribution is -2.32. The Bertz CT molecular complexity index is 339. The normalized spacial score (nSPS) is 10.1. The minimum Gasteiger partial charge on any atom is -0.284 e. The molecular formula is C11H15BrN2O. The van der Waals surface area contributed by atoms with Crippen LogP contribution in [0, 0.1) is 0 Å². The lowest BCUT2D eigenvalue weighted by molar-refractivity contribution is -0.130. The maximum absolute atomic E-state index is 11.2. The zero-order chi connectivity index (χ0) is 11.3. The van der Waals surface area contributed by atoms with E-state index in [9.17, 15) is 4.79 Å². The molecule has 4 heteroatoms. The molecular weight excluding hydrogens is 256 g/mol. The lowest BCUT2D eigenvalue weighted by Gasteiger charge is -2.09. The van der Waals surface area contributed by atoms with Crippen molar-refractivity contribution in [2.45, 2.75) is 19.3 Å². The Morgan fingerprint density at radius 3 is 2.73 bits per heavy atom. The van der Waals surface area contributed by atoms with Crippen LogP contribution in [0.2, 0.25) is 0 Å². The molecule has 0 saturated carbocycles. The van der Waals surface area contributed by atoms with Crippen LogP contribution in [0.1, 0.15) is 18.4 Å². The third-order valence-corrected chi connectivity index (χ3v) is 2.96. The first-order valence-electron chi connectivity index (χ1n) is 4.86. The molecule has 0 radical (unpaired) electrons. The maximum Gasteiger partial charge on any atom is 0.236 e. The summed E-state index contributed by atoms with van der Waals surface area (Å²) in [6.45, 7) is 0. The second kappa shape index (κ2) is 5.88. The van der Waals surface area contributed by atoms with Crippen molar-refractivity contribution >= 4 is 21.8 Å². The van der Waals surface area contributed by atoms with E-state index in [2.05, 4.69) is 22.0 Å². The van der Waals surface area contributed by atoms with Crippen LogP contribution >= 0.6 is 15.9 Å². The van der Waals surface area contributed by atoms with Crippen molar-refractivity contribution in [1.29, 1.82) is 0 Å². The van der Waals surface area contributed by atoms with E-state index in [4.69, 9.17) is 5.84 Å². The molecule has 3 nitrogen and oxygen atoms in total. The molecule has 0 saturated heterocycles. The number of nitrogens with two attached hydrogens (primary N) is 1. The molecule has 82 valence electrons. The van der Waals surface area contributed by atoms with E-state index in [-0.39, 0.29) is 5.91 Å². The molecule has 0 fully saturated rings. The Kier molecular flexibility index (Phi) is 4.78. The fourth-order valence-corrected chi connectivity index (χ4v) is 1.79. The topological polar surface area (TPSA) is 46.3 Å². The van der Waals surface area contributed by atoms with Gasteiger partial charge in [-0.2, -0.15) is 0 Å². The van der Waals surface area contributed by atoms with Gasteiger partial charge in [0.1, 0.15) is 0 Å². The smallest absolute Gasteiger partial charge is 0.236 e. The first kappa shape index (κ1) is 12.2. The number of halogens is 1. The minimum absolute atomic E-state index is 0.0259. The van der Waals surface area contributed by atoms with Gasteiger partial charge in [0.25, 0.3) is 0 Å². The van der Waals surface area contributed by atoms with E-state index in [0.717, 1.165) is 22.3 Å². The Balaban J connectivity index is 2.38. The van der Waals surface area contributed by atoms with Crippen molar-refractivity contribution < 1.29 is 4.79 Å². The first-order valence-corrected chi connectivity index (χ1v) is 5.65. The van der Waals surface area contributed by atoms with Crippen LogP contribution in [0.5, 0.6) is 0 Å². The predicted molar refractivity (Wildman–Crippen MR) is 64.0 cm³/mol. The zero-order valence-corrected chi connectivity index (χ0v) is 10.3. The van der Waals surface area contributed by atoms with Crippen molar-refractivity contribution in [2.75, 3.05) is 7.05 Å². The molecule has 0 aromatic heterocycles. The van der Waals surface area contributed by atoms with Gasteiger partial charge in [0.2, 0.25) is 5.91 Å². The summed E-state index contributed by atoms with van der Waals surface area (Å²) < 4.78 is 1.10. The van der Waals surface area contributed by atoms with Crippen LogP contribution in [0.4, 0.5) is 0 Å². The largest absolute Gasteiger partial charge is 0.284 e. The highest BCUT2D eigenvalue weighted by Gasteiger charge is 2.05. The van der Waals surface area contributed by atoms with Gasteiger partial charge in [0, 0.05) is 17.9 Å². The van der Waals surface area contributed by atoms with Crippen LogP contribution in [0.3, 0.4) is 0 Å². The van der Waals surface area contributed by atoms with Crippen molar-refractivity contribution in [3.8, 4) is 0 Å². The number of rotatable bonds is 4. The number of benzene rings is 1. The Morgan fingerprint density at radius 2 is 2.13 bits per heavy atom. The summed E-state index contributed by atoms with van der Waals surface area (Å²) in [4.78, 5) is 11.2. The summed E-state index contributed by atoms with van der Waals surface area (Å²) >= 11 is 3.47. The van der Waals surface area contributed by atoms with Gasteiger partial charge in [-0.3, -0.25) is 9.80 Å². The van der Waals surface area contributed by atoms with Gasteiger partial charge < -0.3 is 0 Å². The summed E-state index contributed by atoms with van der Waals surface area (Å²) in [5, 5.41) is 1.14. The summed E-state index contributed by atoms with van der Waals surface area (Å²) in [5.41, 5.74) is 1.23. The zero-order valence-electron chi connectivity index (χ0n) is 8.74. The van der Waals surface area contributed by atoms with Gasteiger partial charge in [-0.1, -0.05) is 34.1 Å². The molecule has 0 heterocycles. The predicted octanol–water partition coefficient (Wildman–Crippen LogP) is 2.10. The maximum atomic E-state index is 11.2. The molecule has 1 aromatic carbocycles. The number of amides is 1. The molecule has 1 amide bonds. The quantitative estimate of drug-likeness (QED) is 0.518. The van der Waals surface area contributed by atoms with Gasteiger partial charge in [-0.25, -0.2) is 5.84 Å². The monoisotopic (exact) mass is 270 g/mol. The highest BCUT2D eigenvalue weighted by Crippen LogP contribution is 2.17. The van der Waals surface area contributed by atoms with E-state index in [1.165, 1.54) is 5.56 Å². The molecule has 0 aliphatic heterocycles. The Morgan fingerprint density at radius 1 is 1.47 bits per heavy atom. The van der Waals surface area contributed by atoms with Crippen LogP contribution in [-0.2, 0) is 11.2 Å². The van der Waals surface area contributed by atoms with Crippen molar-refractivity contribution in [3.05, 3.63) is 34.3 Å². The van der Waals surface area contributed by atoms with E-state index in [1.54, 1.807) is 7.05 Å². The number of hydrogen-bond acceptors (Lipinski definition) is 2. The number of nitrogens with zero attached hydrogens (tertiary/aromatic N) is 1. The lowest BCUT2D eigenvalue weighted by atomic mass is 10.1. The van der Waals surface area contributed by atoms with Gasteiger partial charge in [0.05, 0.1) is 0 Å². The number of carbonyl (C=O) groups excluding carboxylic acids is 1. The molecule has 0 spiro atoms. The molecule has 0 atom stereocenters. The first-order chi connectivity index (χ1) is 7.11. The van der Waals surface area contributed by atoms with Gasteiger partial charge in [-0.15, -0.1) is 0 Å². The van der Waals surface area contributed by atoms with E-state index in [0.29, 0.717) is 6.42 Å². The average molecular weight is 271 g/mol. The fourth-order valence-electron chi connectivity index (χ4n) is 1.31. The molecule has 2 N–H and O–H groups in total. The second-order valence-electron chi connectivity index (χ2n) is 3.45. The molecule has 1 aromatic rings. The van der Waals surface area contributed by atoms with E-state index in [1.807, 2.05) is 18.2 Å². The van der Waals surface area contributed by atoms with Gasteiger partial charge >= 0.3 is 0 Å². The minimum atomic E-state index is -0.0259. The third kappa shape index (κ3) is 4.01. The summed E-state index contributed by atoms with van der Waals surface area (Å²) in [5.74, 6) is 5.29. The molecule has 1 rings (SSSR count). The summed E-state index contributed by atoms with van der Waals surface area (Å²) in [6, 6.07) is 8.04. The fraction of sp³-hybridized carbons (Fsp3) is 0.364. The van der Waals surface area contributed by atoms with Crippen LogP contribution in [-0.4, -0.2) is 18.0 Å². The molecule has 0 unspecified atom stereocenters. The molecule has 0 aliphatic rings. The number of hydrazine groups is 1. The average Bonchev–Trinajstić information content (AvgIpc) is 2.20. The van der Waals surface area contributed by atoms with E-state index >= 15 is 0 Å². The number of carbonyl (C=O) groups is 1. The standard InChI is InChI=1S/C11H15BrN2O/c1-14(13)11(15)8-4-6-9-5-2-3-7-10(9)12/h2-3,5,7H,4,6,8,13H2,1H3. The summed E-state index contributed by atoms with van der Waals surface area (Å²) in [7, 11) is 1.57. The highest BCUT2D eigenvalue weighted by molar-refractivity contribution is 9.10.